The standard InChI is InChI=1S/C20H22N2O4S/c1-22-17(23)11-15(18(22)16-8-5-9-27-16)19(24)21-12-14(20(25)26)10-13-6-3-2-4-7-13/h2-9,14-15,18H,10-12H2,1H3,(H,21,24)(H,25,26)/t14-,15+,18+/m1/s1. The van der Waals surface area contributed by atoms with E-state index in [1.54, 1.807) is 11.9 Å². The molecule has 1 aromatic heterocycles. The lowest BCUT2D eigenvalue weighted by Gasteiger charge is -2.24. The number of amides is 2. The Labute approximate surface area is 161 Å². The number of thiophene rings is 1. The average molecular weight is 386 g/mol. The molecule has 0 spiro atoms. The van der Waals surface area contributed by atoms with E-state index >= 15 is 0 Å². The van der Waals surface area contributed by atoms with Gasteiger partial charge in [0.1, 0.15) is 0 Å². The third kappa shape index (κ3) is 4.36. The summed E-state index contributed by atoms with van der Waals surface area (Å²) in [6.45, 7) is 0.0363. The predicted molar refractivity (Wildman–Crippen MR) is 102 cm³/mol. The Kier molecular flexibility index (Phi) is 5.91. The van der Waals surface area contributed by atoms with Crippen molar-refractivity contribution in [1.29, 1.82) is 0 Å². The number of hydrogen-bond donors (Lipinski definition) is 2. The van der Waals surface area contributed by atoms with Gasteiger partial charge in [0.05, 0.1) is 17.9 Å². The molecule has 1 aromatic carbocycles. The van der Waals surface area contributed by atoms with Crippen LogP contribution >= 0.6 is 11.3 Å². The molecule has 3 rings (SSSR count). The number of carboxylic acids is 1. The maximum atomic E-state index is 12.7. The first kappa shape index (κ1) is 19.1. The van der Waals surface area contributed by atoms with E-state index < -0.39 is 17.8 Å². The fourth-order valence-electron chi connectivity index (χ4n) is 3.45. The van der Waals surface area contributed by atoms with Gasteiger partial charge in [-0.2, -0.15) is 0 Å². The van der Waals surface area contributed by atoms with Gasteiger partial charge in [0.15, 0.2) is 0 Å². The van der Waals surface area contributed by atoms with E-state index in [0.29, 0.717) is 6.42 Å². The molecular formula is C20H22N2O4S. The second kappa shape index (κ2) is 8.35. The van der Waals surface area contributed by atoms with Crippen molar-refractivity contribution in [3.63, 3.8) is 0 Å². The van der Waals surface area contributed by atoms with Crippen LogP contribution in [0.25, 0.3) is 0 Å². The number of carbonyl (C=O) groups excluding carboxylic acids is 2. The molecule has 6 nitrogen and oxygen atoms in total. The monoisotopic (exact) mass is 386 g/mol. The SMILES string of the molecule is CN1C(=O)C[C@H](C(=O)NC[C@@H](Cc2ccccc2)C(=O)O)[C@H]1c1cccs1. The van der Waals surface area contributed by atoms with Crippen molar-refractivity contribution in [1.82, 2.24) is 10.2 Å². The van der Waals surface area contributed by atoms with Gasteiger partial charge in [0.25, 0.3) is 0 Å². The molecule has 2 amide bonds. The van der Waals surface area contributed by atoms with Crippen LogP contribution in [0.3, 0.4) is 0 Å². The van der Waals surface area contributed by atoms with Crippen molar-refractivity contribution in [2.45, 2.75) is 18.9 Å². The van der Waals surface area contributed by atoms with E-state index in [1.807, 2.05) is 47.8 Å². The van der Waals surface area contributed by atoms with Crippen molar-refractivity contribution in [3.05, 3.63) is 58.3 Å². The summed E-state index contributed by atoms with van der Waals surface area (Å²) < 4.78 is 0. The summed E-state index contributed by atoms with van der Waals surface area (Å²) in [4.78, 5) is 39.0. The van der Waals surface area contributed by atoms with E-state index in [1.165, 1.54) is 11.3 Å². The summed E-state index contributed by atoms with van der Waals surface area (Å²) in [5, 5.41) is 14.2. The highest BCUT2D eigenvalue weighted by Crippen LogP contribution is 2.39. The number of aliphatic carboxylic acids is 1. The molecule has 1 aliphatic rings. The van der Waals surface area contributed by atoms with Gasteiger partial charge in [-0.05, 0) is 23.4 Å². The van der Waals surface area contributed by atoms with Gasteiger partial charge >= 0.3 is 5.97 Å². The Bertz CT molecular complexity index is 807. The third-order valence-corrected chi connectivity index (χ3v) is 5.90. The topological polar surface area (TPSA) is 86.7 Å². The highest BCUT2D eigenvalue weighted by molar-refractivity contribution is 7.10. The lowest BCUT2D eigenvalue weighted by atomic mass is 9.96. The molecule has 0 aliphatic carbocycles. The van der Waals surface area contributed by atoms with Crippen LogP contribution in [-0.2, 0) is 20.8 Å². The molecule has 0 radical (unpaired) electrons. The number of nitrogens with one attached hydrogen (secondary N) is 1. The van der Waals surface area contributed by atoms with Gasteiger partial charge in [0.2, 0.25) is 11.8 Å². The minimum absolute atomic E-state index is 0.0363. The van der Waals surface area contributed by atoms with Gasteiger partial charge in [0, 0.05) is 24.9 Å². The van der Waals surface area contributed by atoms with Crippen molar-refractivity contribution >= 4 is 29.1 Å². The van der Waals surface area contributed by atoms with E-state index in [9.17, 15) is 19.5 Å². The van der Waals surface area contributed by atoms with E-state index in [-0.39, 0.29) is 30.8 Å². The van der Waals surface area contributed by atoms with Gasteiger partial charge in [-0.15, -0.1) is 11.3 Å². The Hall–Kier alpha value is -2.67. The number of carboxylic acid groups (broad SMARTS) is 1. The number of likely N-dealkylation sites (tertiary alicyclic amines) is 1. The van der Waals surface area contributed by atoms with Crippen LogP contribution in [0.4, 0.5) is 0 Å². The number of hydrogen-bond acceptors (Lipinski definition) is 4. The molecule has 1 saturated heterocycles. The van der Waals surface area contributed by atoms with Crippen molar-refractivity contribution in [2.24, 2.45) is 11.8 Å². The van der Waals surface area contributed by atoms with E-state index in [0.717, 1.165) is 10.4 Å². The lowest BCUT2D eigenvalue weighted by Crippen LogP contribution is -2.39. The summed E-state index contributed by atoms with van der Waals surface area (Å²) >= 11 is 1.51. The Balaban J connectivity index is 1.66. The summed E-state index contributed by atoms with van der Waals surface area (Å²) in [6.07, 6.45) is 0.482. The molecule has 1 aliphatic heterocycles. The molecule has 7 heteroatoms. The van der Waals surface area contributed by atoms with E-state index in [4.69, 9.17) is 0 Å². The molecule has 27 heavy (non-hydrogen) atoms. The zero-order chi connectivity index (χ0) is 19.4. The fourth-order valence-corrected chi connectivity index (χ4v) is 4.39. The molecule has 2 heterocycles. The third-order valence-electron chi connectivity index (χ3n) is 4.95. The largest absolute Gasteiger partial charge is 0.481 e. The Morgan fingerprint density at radius 3 is 2.63 bits per heavy atom. The minimum Gasteiger partial charge on any atom is -0.481 e. The Morgan fingerprint density at radius 2 is 2.00 bits per heavy atom. The zero-order valence-electron chi connectivity index (χ0n) is 15.0. The molecular weight excluding hydrogens is 364 g/mol. The van der Waals surface area contributed by atoms with Crippen LogP contribution in [0.15, 0.2) is 47.8 Å². The van der Waals surface area contributed by atoms with E-state index in [2.05, 4.69) is 5.32 Å². The summed E-state index contributed by atoms with van der Waals surface area (Å²) in [5.41, 5.74) is 0.909. The number of nitrogens with zero attached hydrogens (tertiary/aromatic N) is 1. The smallest absolute Gasteiger partial charge is 0.308 e. The van der Waals surface area contributed by atoms with Gasteiger partial charge in [-0.1, -0.05) is 36.4 Å². The predicted octanol–water partition coefficient (Wildman–Crippen LogP) is 2.33. The van der Waals surface area contributed by atoms with Crippen LogP contribution in [0.1, 0.15) is 22.9 Å². The maximum Gasteiger partial charge on any atom is 0.308 e. The van der Waals surface area contributed by atoms with Crippen LogP contribution in [-0.4, -0.2) is 41.4 Å². The molecule has 142 valence electrons. The molecule has 2 N–H and O–H groups in total. The molecule has 1 fully saturated rings. The highest BCUT2D eigenvalue weighted by Gasteiger charge is 2.43. The average Bonchev–Trinajstić information content (AvgIpc) is 3.27. The van der Waals surface area contributed by atoms with Crippen LogP contribution in [0, 0.1) is 11.8 Å². The number of benzene rings is 1. The molecule has 0 unspecified atom stereocenters. The number of rotatable bonds is 7. The highest BCUT2D eigenvalue weighted by atomic mass is 32.1. The summed E-state index contributed by atoms with van der Waals surface area (Å²) in [6, 6.07) is 12.8. The van der Waals surface area contributed by atoms with Gasteiger partial charge in [-0.3, -0.25) is 14.4 Å². The molecule has 3 atom stereocenters. The van der Waals surface area contributed by atoms with Crippen LogP contribution < -0.4 is 5.32 Å². The summed E-state index contributed by atoms with van der Waals surface area (Å²) in [7, 11) is 1.70. The first-order valence-corrected chi connectivity index (χ1v) is 9.69. The lowest BCUT2D eigenvalue weighted by molar-refractivity contribution is -0.141. The second-order valence-electron chi connectivity index (χ2n) is 6.75. The van der Waals surface area contributed by atoms with Crippen LogP contribution in [0.2, 0.25) is 0 Å². The van der Waals surface area contributed by atoms with Gasteiger partial charge < -0.3 is 15.3 Å². The van der Waals surface area contributed by atoms with Crippen LogP contribution in [0.5, 0.6) is 0 Å². The van der Waals surface area contributed by atoms with Gasteiger partial charge in [-0.25, -0.2) is 0 Å². The summed E-state index contributed by atoms with van der Waals surface area (Å²) in [5.74, 6) is -2.52. The first-order chi connectivity index (χ1) is 13.0. The normalized spacial score (nSPS) is 20.5. The quantitative estimate of drug-likeness (QED) is 0.765. The molecule has 0 saturated carbocycles. The maximum absolute atomic E-state index is 12.7. The minimum atomic E-state index is -0.950. The van der Waals surface area contributed by atoms with Crippen molar-refractivity contribution < 1.29 is 19.5 Å². The zero-order valence-corrected chi connectivity index (χ0v) is 15.8. The number of carbonyl (C=O) groups is 3. The van der Waals surface area contributed by atoms with Crippen molar-refractivity contribution in [3.8, 4) is 0 Å². The second-order valence-corrected chi connectivity index (χ2v) is 7.72. The first-order valence-electron chi connectivity index (χ1n) is 8.81. The fraction of sp³-hybridized carbons (Fsp3) is 0.350. The van der Waals surface area contributed by atoms with Crippen molar-refractivity contribution in [2.75, 3.05) is 13.6 Å². The molecule has 2 aromatic rings. The molecule has 0 bridgehead atoms. The Morgan fingerprint density at radius 1 is 1.26 bits per heavy atom.